The highest BCUT2D eigenvalue weighted by molar-refractivity contribution is 7.99. The SMILES string of the molecule is CCOC(COCCCSCC(NC(C)=O)C(=O)O)COc1ccc(S(=O)(=O)c2ccc(OCC(COCCCSCC(NC(C)=O)C(=O)O)OCC)cc2)cc1. The number of amides is 2. The molecule has 2 aromatic rings. The summed E-state index contributed by atoms with van der Waals surface area (Å²) in [5.74, 6) is -0.171. The van der Waals surface area contributed by atoms with Crippen LogP contribution < -0.4 is 20.1 Å². The summed E-state index contributed by atoms with van der Waals surface area (Å²) in [4.78, 5) is 45.0. The summed E-state index contributed by atoms with van der Waals surface area (Å²) in [5.41, 5.74) is 0. The van der Waals surface area contributed by atoms with Crippen LogP contribution in [0, 0.1) is 0 Å². The molecule has 0 saturated carbocycles. The van der Waals surface area contributed by atoms with Crippen LogP contribution in [0.25, 0.3) is 0 Å². The molecule has 0 aliphatic rings. The Hall–Kier alpha value is -3.59. The number of hydrogen-bond acceptors (Lipinski definition) is 14. The Kier molecular flexibility index (Phi) is 24.3. The third kappa shape index (κ3) is 20.6. The average molecular weight is 861 g/mol. The molecule has 0 spiro atoms. The molecular formula is C38H56N2O14S3. The predicted molar refractivity (Wildman–Crippen MR) is 216 cm³/mol. The summed E-state index contributed by atoms with van der Waals surface area (Å²) in [6, 6.07) is 10.3. The Labute approximate surface area is 343 Å². The van der Waals surface area contributed by atoms with Gasteiger partial charge in [0.1, 0.15) is 49.0 Å². The fourth-order valence-electron chi connectivity index (χ4n) is 4.90. The molecule has 19 heteroatoms. The number of sulfone groups is 1. The van der Waals surface area contributed by atoms with Gasteiger partial charge in [-0.05, 0) is 86.7 Å². The van der Waals surface area contributed by atoms with E-state index in [1.54, 1.807) is 24.3 Å². The second kappa shape index (κ2) is 27.9. The Morgan fingerprint density at radius 2 is 1.00 bits per heavy atom. The van der Waals surface area contributed by atoms with Crippen molar-refractivity contribution in [3.63, 3.8) is 0 Å². The molecule has 0 aliphatic carbocycles. The first-order chi connectivity index (χ1) is 27.3. The monoisotopic (exact) mass is 860 g/mol. The zero-order valence-electron chi connectivity index (χ0n) is 32.8. The molecule has 0 radical (unpaired) electrons. The van der Waals surface area contributed by atoms with Gasteiger partial charge in [-0.15, -0.1) is 0 Å². The quantitative estimate of drug-likeness (QED) is 0.0773. The van der Waals surface area contributed by atoms with Crippen molar-refractivity contribution < 1.29 is 66.2 Å². The van der Waals surface area contributed by atoms with Crippen LogP contribution in [0.5, 0.6) is 11.5 Å². The maximum Gasteiger partial charge on any atom is 0.327 e. The first kappa shape index (κ1) is 49.6. The minimum Gasteiger partial charge on any atom is -0.491 e. The van der Waals surface area contributed by atoms with Crippen molar-refractivity contribution in [2.24, 2.45) is 0 Å². The number of hydrogen-bond donors (Lipinski definition) is 4. The third-order valence-electron chi connectivity index (χ3n) is 7.63. The Morgan fingerprint density at radius 3 is 1.32 bits per heavy atom. The molecule has 2 rings (SSSR count). The second-order valence-electron chi connectivity index (χ2n) is 12.4. The molecule has 0 heterocycles. The summed E-state index contributed by atoms with van der Waals surface area (Å²) in [5, 5.41) is 23.2. The van der Waals surface area contributed by atoms with Crippen molar-refractivity contribution in [1.29, 1.82) is 0 Å². The molecule has 0 aliphatic heterocycles. The van der Waals surface area contributed by atoms with E-state index in [0.717, 1.165) is 0 Å². The van der Waals surface area contributed by atoms with Crippen molar-refractivity contribution in [3.8, 4) is 11.5 Å². The standard InChI is InChI=1S/C38H56N2O14S3/c1-5-51-31(21-49-17-7-19-55-25-35(37(43)44)39-27(3)41)23-53-29-9-13-33(14-10-29)57(47,48)34-15-11-30(12-16-34)54-24-32(52-6-2)22-50-18-8-20-56-26-36(38(45)46)40-28(4)42/h9-16,31-32,35-36H,5-8,17-26H2,1-4H3,(H,39,41)(H,40,42)(H,43,44)(H,45,46). The lowest BCUT2D eigenvalue weighted by Gasteiger charge is -2.18. The number of nitrogens with one attached hydrogen (secondary N) is 2. The highest BCUT2D eigenvalue weighted by Gasteiger charge is 2.21. The van der Waals surface area contributed by atoms with Crippen molar-refractivity contribution in [2.75, 3.05) is 75.9 Å². The van der Waals surface area contributed by atoms with Crippen LogP contribution in [0.15, 0.2) is 58.3 Å². The molecule has 0 saturated heterocycles. The number of rotatable bonds is 32. The van der Waals surface area contributed by atoms with Gasteiger partial charge in [-0.3, -0.25) is 9.59 Å². The van der Waals surface area contributed by atoms with Crippen LogP contribution in [0.3, 0.4) is 0 Å². The molecule has 57 heavy (non-hydrogen) atoms. The summed E-state index contributed by atoms with van der Waals surface area (Å²) in [6.45, 7) is 8.94. The van der Waals surface area contributed by atoms with Crippen LogP contribution in [-0.4, -0.2) is 143 Å². The zero-order valence-corrected chi connectivity index (χ0v) is 35.3. The number of carboxylic acid groups (broad SMARTS) is 2. The maximum absolute atomic E-state index is 13.4. The number of carbonyl (C=O) groups is 4. The maximum atomic E-state index is 13.4. The van der Waals surface area contributed by atoms with E-state index in [1.807, 2.05) is 13.8 Å². The Balaban J connectivity index is 1.76. The van der Waals surface area contributed by atoms with E-state index in [0.29, 0.717) is 62.3 Å². The molecule has 0 bridgehead atoms. The van der Waals surface area contributed by atoms with Gasteiger partial charge in [-0.1, -0.05) is 0 Å². The highest BCUT2D eigenvalue weighted by Crippen LogP contribution is 2.25. The first-order valence-corrected chi connectivity index (χ1v) is 22.3. The van der Waals surface area contributed by atoms with Gasteiger partial charge in [-0.25, -0.2) is 18.0 Å². The van der Waals surface area contributed by atoms with Gasteiger partial charge in [0.15, 0.2) is 0 Å². The van der Waals surface area contributed by atoms with Crippen LogP contribution in [-0.2, 0) is 48.0 Å². The third-order valence-corrected chi connectivity index (χ3v) is 11.7. The van der Waals surface area contributed by atoms with Crippen LogP contribution in [0.4, 0.5) is 0 Å². The molecule has 2 aromatic carbocycles. The average Bonchev–Trinajstić information content (AvgIpc) is 3.17. The summed E-state index contributed by atoms with van der Waals surface area (Å²) >= 11 is 2.83. The first-order valence-electron chi connectivity index (χ1n) is 18.5. The van der Waals surface area contributed by atoms with E-state index in [1.165, 1.54) is 61.6 Å². The van der Waals surface area contributed by atoms with Crippen LogP contribution >= 0.6 is 23.5 Å². The molecule has 0 fully saturated rings. The zero-order chi connectivity index (χ0) is 42.1. The molecule has 4 atom stereocenters. The van der Waals surface area contributed by atoms with Crippen molar-refractivity contribution in [3.05, 3.63) is 48.5 Å². The van der Waals surface area contributed by atoms with E-state index < -0.39 is 45.7 Å². The number of benzene rings is 2. The summed E-state index contributed by atoms with van der Waals surface area (Å²) in [7, 11) is -3.82. The van der Waals surface area contributed by atoms with Crippen molar-refractivity contribution in [2.45, 2.75) is 74.6 Å². The van der Waals surface area contributed by atoms with Crippen molar-refractivity contribution >= 4 is 57.1 Å². The van der Waals surface area contributed by atoms with Gasteiger partial charge in [-0.2, -0.15) is 23.5 Å². The van der Waals surface area contributed by atoms with E-state index in [4.69, 9.17) is 28.4 Å². The molecule has 2 amide bonds. The minimum atomic E-state index is -3.82. The van der Waals surface area contributed by atoms with Crippen LogP contribution in [0.2, 0.25) is 0 Å². The predicted octanol–water partition coefficient (Wildman–Crippen LogP) is 3.55. The molecule has 4 N–H and O–H groups in total. The van der Waals surface area contributed by atoms with Crippen LogP contribution in [0.1, 0.15) is 40.5 Å². The normalized spacial score (nSPS) is 13.5. The molecule has 4 unspecified atom stereocenters. The second-order valence-corrected chi connectivity index (χ2v) is 16.7. The summed E-state index contributed by atoms with van der Waals surface area (Å²) < 4.78 is 61.3. The number of ether oxygens (including phenoxy) is 6. The van der Waals surface area contributed by atoms with Crippen molar-refractivity contribution in [1.82, 2.24) is 10.6 Å². The fourth-order valence-corrected chi connectivity index (χ4v) is 8.06. The summed E-state index contributed by atoms with van der Waals surface area (Å²) in [6.07, 6.45) is 0.636. The van der Waals surface area contributed by atoms with E-state index in [9.17, 15) is 37.8 Å². The Morgan fingerprint density at radius 1 is 0.632 bits per heavy atom. The van der Waals surface area contributed by atoms with E-state index >= 15 is 0 Å². The molecule has 320 valence electrons. The number of aliphatic carboxylic acids is 2. The number of thioether (sulfide) groups is 2. The lowest BCUT2D eigenvalue weighted by atomic mass is 10.3. The number of carboxylic acids is 2. The largest absolute Gasteiger partial charge is 0.491 e. The lowest BCUT2D eigenvalue weighted by Crippen LogP contribution is -2.41. The van der Waals surface area contributed by atoms with Gasteiger partial charge < -0.3 is 49.3 Å². The lowest BCUT2D eigenvalue weighted by molar-refractivity contribution is -0.141. The molecular weight excluding hydrogens is 805 g/mol. The minimum absolute atomic E-state index is 0.0965. The smallest absolute Gasteiger partial charge is 0.327 e. The van der Waals surface area contributed by atoms with Gasteiger partial charge in [0, 0.05) is 51.8 Å². The fraction of sp³-hybridized carbons (Fsp3) is 0.579. The topological polar surface area (TPSA) is 222 Å². The van der Waals surface area contributed by atoms with E-state index in [2.05, 4.69) is 10.6 Å². The van der Waals surface area contributed by atoms with Gasteiger partial charge in [0.2, 0.25) is 21.7 Å². The van der Waals surface area contributed by atoms with E-state index in [-0.39, 0.29) is 59.9 Å². The number of carbonyl (C=O) groups excluding carboxylic acids is 2. The Bertz CT molecular complexity index is 1490. The molecule has 0 aromatic heterocycles. The van der Waals surface area contributed by atoms with Gasteiger partial charge in [0.05, 0.1) is 23.0 Å². The highest BCUT2D eigenvalue weighted by atomic mass is 32.2. The van der Waals surface area contributed by atoms with Gasteiger partial charge in [0.25, 0.3) is 0 Å². The molecule has 16 nitrogen and oxygen atoms in total. The van der Waals surface area contributed by atoms with Gasteiger partial charge >= 0.3 is 11.9 Å².